The lowest BCUT2D eigenvalue weighted by Gasteiger charge is -2.29. The van der Waals surface area contributed by atoms with Crippen LogP contribution < -0.4 is 5.73 Å². The first-order chi connectivity index (χ1) is 8.76. The summed E-state index contributed by atoms with van der Waals surface area (Å²) in [6.07, 6.45) is 11.9. The highest BCUT2D eigenvalue weighted by atomic mass is 16.5. The standard InChI is InChI=1S/C14H23N3O/c15-14(8-4-1-5-9-14)13-16-12(18-17-13)10-11-6-2-3-7-11/h11H,1-10,15H2. The van der Waals surface area contributed by atoms with Gasteiger partial charge >= 0.3 is 0 Å². The molecule has 0 atom stereocenters. The van der Waals surface area contributed by atoms with Crippen LogP contribution in [0.4, 0.5) is 0 Å². The second-order valence-electron chi connectivity index (χ2n) is 6.08. The number of aromatic nitrogens is 2. The zero-order valence-electron chi connectivity index (χ0n) is 11.0. The Balaban J connectivity index is 1.68. The van der Waals surface area contributed by atoms with Crippen LogP contribution in [0.1, 0.15) is 69.5 Å². The minimum absolute atomic E-state index is 0.324. The van der Waals surface area contributed by atoms with E-state index in [1.54, 1.807) is 0 Å². The van der Waals surface area contributed by atoms with Crippen LogP contribution in [0.15, 0.2) is 4.52 Å². The van der Waals surface area contributed by atoms with Gasteiger partial charge in [-0.3, -0.25) is 0 Å². The van der Waals surface area contributed by atoms with Gasteiger partial charge in [-0.15, -0.1) is 0 Å². The average molecular weight is 249 g/mol. The molecule has 0 bridgehead atoms. The molecule has 1 heterocycles. The molecule has 2 aliphatic rings. The molecule has 1 aromatic heterocycles. The molecule has 18 heavy (non-hydrogen) atoms. The Kier molecular flexibility index (Phi) is 3.37. The number of hydrogen-bond acceptors (Lipinski definition) is 4. The van der Waals surface area contributed by atoms with Gasteiger partial charge in [0.2, 0.25) is 5.89 Å². The molecule has 4 nitrogen and oxygen atoms in total. The smallest absolute Gasteiger partial charge is 0.226 e. The van der Waals surface area contributed by atoms with Gasteiger partial charge in [-0.05, 0) is 31.6 Å². The van der Waals surface area contributed by atoms with E-state index >= 15 is 0 Å². The van der Waals surface area contributed by atoms with Crippen molar-refractivity contribution in [1.82, 2.24) is 10.1 Å². The second-order valence-corrected chi connectivity index (χ2v) is 6.08. The Morgan fingerprint density at radius 2 is 1.83 bits per heavy atom. The van der Waals surface area contributed by atoms with E-state index in [2.05, 4.69) is 10.1 Å². The van der Waals surface area contributed by atoms with Crippen LogP contribution in [0, 0.1) is 5.92 Å². The van der Waals surface area contributed by atoms with Gasteiger partial charge < -0.3 is 10.3 Å². The lowest BCUT2D eigenvalue weighted by molar-refractivity contribution is 0.272. The maximum atomic E-state index is 6.42. The fourth-order valence-corrected chi connectivity index (χ4v) is 3.41. The van der Waals surface area contributed by atoms with E-state index in [-0.39, 0.29) is 5.54 Å². The summed E-state index contributed by atoms with van der Waals surface area (Å²) < 4.78 is 5.40. The maximum Gasteiger partial charge on any atom is 0.226 e. The monoisotopic (exact) mass is 249 g/mol. The molecule has 2 aliphatic carbocycles. The van der Waals surface area contributed by atoms with Crippen molar-refractivity contribution >= 4 is 0 Å². The minimum atomic E-state index is -0.324. The highest BCUT2D eigenvalue weighted by Crippen LogP contribution is 2.33. The Morgan fingerprint density at radius 1 is 1.11 bits per heavy atom. The zero-order chi connectivity index (χ0) is 12.4. The van der Waals surface area contributed by atoms with Crippen LogP contribution in [0.5, 0.6) is 0 Å². The van der Waals surface area contributed by atoms with Crippen molar-refractivity contribution in [3.8, 4) is 0 Å². The van der Waals surface area contributed by atoms with E-state index in [1.165, 1.54) is 44.9 Å². The molecule has 2 saturated carbocycles. The van der Waals surface area contributed by atoms with Gasteiger partial charge in [-0.25, -0.2) is 0 Å². The van der Waals surface area contributed by atoms with Crippen LogP contribution in [0.3, 0.4) is 0 Å². The highest BCUT2D eigenvalue weighted by molar-refractivity contribution is 5.05. The molecule has 100 valence electrons. The molecule has 1 aromatic rings. The minimum Gasteiger partial charge on any atom is -0.339 e. The topological polar surface area (TPSA) is 64.9 Å². The van der Waals surface area contributed by atoms with Crippen molar-refractivity contribution in [2.24, 2.45) is 11.7 Å². The molecule has 2 fully saturated rings. The zero-order valence-corrected chi connectivity index (χ0v) is 11.0. The Hall–Kier alpha value is -0.900. The normalized spacial score (nSPS) is 24.5. The summed E-state index contributed by atoms with van der Waals surface area (Å²) in [6, 6.07) is 0. The number of rotatable bonds is 3. The maximum absolute atomic E-state index is 6.42. The summed E-state index contributed by atoms with van der Waals surface area (Å²) in [6.45, 7) is 0. The van der Waals surface area contributed by atoms with Gasteiger partial charge in [-0.1, -0.05) is 37.3 Å². The van der Waals surface area contributed by atoms with Crippen molar-refractivity contribution in [2.45, 2.75) is 69.7 Å². The predicted octanol–water partition coefficient (Wildman–Crippen LogP) is 2.92. The van der Waals surface area contributed by atoms with Crippen LogP contribution in [0.25, 0.3) is 0 Å². The van der Waals surface area contributed by atoms with Gasteiger partial charge in [0.05, 0.1) is 5.54 Å². The van der Waals surface area contributed by atoms with E-state index < -0.39 is 0 Å². The number of nitrogens with zero attached hydrogens (tertiary/aromatic N) is 2. The largest absolute Gasteiger partial charge is 0.339 e. The summed E-state index contributed by atoms with van der Waals surface area (Å²) in [5.41, 5.74) is 6.09. The SMILES string of the molecule is NC1(c2noc(CC3CCCC3)n2)CCCCC1. The van der Waals surface area contributed by atoms with E-state index in [0.29, 0.717) is 0 Å². The summed E-state index contributed by atoms with van der Waals surface area (Å²) in [7, 11) is 0. The van der Waals surface area contributed by atoms with E-state index in [1.807, 2.05) is 0 Å². The van der Waals surface area contributed by atoms with Gasteiger partial charge in [0.25, 0.3) is 0 Å². The van der Waals surface area contributed by atoms with Crippen molar-refractivity contribution in [1.29, 1.82) is 0 Å². The van der Waals surface area contributed by atoms with E-state index in [9.17, 15) is 0 Å². The third-order valence-corrected chi connectivity index (χ3v) is 4.60. The molecular weight excluding hydrogens is 226 g/mol. The Morgan fingerprint density at radius 3 is 2.56 bits per heavy atom. The first-order valence-corrected chi connectivity index (χ1v) is 7.38. The van der Waals surface area contributed by atoms with Crippen molar-refractivity contribution in [3.63, 3.8) is 0 Å². The molecule has 0 radical (unpaired) electrons. The molecule has 4 heteroatoms. The van der Waals surface area contributed by atoms with Gasteiger partial charge in [-0.2, -0.15) is 4.98 Å². The van der Waals surface area contributed by atoms with Crippen molar-refractivity contribution < 1.29 is 4.52 Å². The third-order valence-electron chi connectivity index (χ3n) is 4.60. The van der Waals surface area contributed by atoms with Gasteiger partial charge in [0.15, 0.2) is 5.82 Å². The van der Waals surface area contributed by atoms with E-state index in [4.69, 9.17) is 10.3 Å². The Bertz CT molecular complexity index is 389. The molecule has 0 unspecified atom stereocenters. The van der Waals surface area contributed by atoms with Crippen LogP contribution in [-0.4, -0.2) is 10.1 Å². The molecule has 0 aromatic carbocycles. The molecular formula is C14H23N3O. The molecule has 0 spiro atoms. The van der Waals surface area contributed by atoms with E-state index in [0.717, 1.165) is 36.9 Å². The molecule has 2 N–H and O–H groups in total. The highest BCUT2D eigenvalue weighted by Gasteiger charge is 2.34. The summed E-state index contributed by atoms with van der Waals surface area (Å²) in [5, 5.41) is 4.14. The van der Waals surface area contributed by atoms with Crippen LogP contribution in [-0.2, 0) is 12.0 Å². The summed E-state index contributed by atoms with van der Waals surface area (Å²) >= 11 is 0. The van der Waals surface area contributed by atoms with Crippen molar-refractivity contribution in [2.75, 3.05) is 0 Å². The quantitative estimate of drug-likeness (QED) is 0.894. The number of nitrogens with two attached hydrogens (primary N) is 1. The van der Waals surface area contributed by atoms with Crippen molar-refractivity contribution in [3.05, 3.63) is 11.7 Å². The third kappa shape index (κ3) is 2.44. The van der Waals surface area contributed by atoms with Crippen LogP contribution in [0.2, 0.25) is 0 Å². The summed E-state index contributed by atoms with van der Waals surface area (Å²) in [4.78, 5) is 4.57. The lowest BCUT2D eigenvalue weighted by atomic mass is 9.82. The van der Waals surface area contributed by atoms with Crippen LogP contribution >= 0.6 is 0 Å². The molecule has 0 saturated heterocycles. The second kappa shape index (κ2) is 5.00. The lowest BCUT2D eigenvalue weighted by Crippen LogP contribution is -2.39. The predicted molar refractivity (Wildman–Crippen MR) is 68.9 cm³/mol. The molecule has 0 amide bonds. The first kappa shape index (κ1) is 12.2. The van der Waals surface area contributed by atoms with Gasteiger partial charge in [0, 0.05) is 6.42 Å². The Labute approximate surface area is 108 Å². The first-order valence-electron chi connectivity index (χ1n) is 7.38. The average Bonchev–Trinajstić information content (AvgIpc) is 3.02. The van der Waals surface area contributed by atoms with Gasteiger partial charge in [0.1, 0.15) is 0 Å². The fraction of sp³-hybridized carbons (Fsp3) is 0.857. The number of hydrogen-bond donors (Lipinski definition) is 1. The fourth-order valence-electron chi connectivity index (χ4n) is 3.41. The molecule has 0 aliphatic heterocycles. The molecule has 3 rings (SSSR count). The summed E-state index contributed by atoms with van der Waals surface area (Å²) in [5.74, 6) is 2.29.